The molecule has 0 aromatic rings. The summed E-state index contributed by atoms with van der Waals surface area (Å²) in [6, 6.07) is -1.55. The Labute approximate surface area is 228 Å². The summed E-state index contributed by atoms with van der Waals surface area (Å²) < 4.78 is 56.0. The van der Waals surface area contributed by atoms with Crippen molar-refractivity contribution >= 4 is 23.3 Å². The minimum absolute atomic E-state index is 0.0268. The lowest BCUT2D eigenvalue weighted by atomic mass is 9.66. The van der Waals surface area contributed by atoms with Gasteiger partial charge in [-0.05, 0) is 107 Å². The first-order valence-electron chi connectivity index (χ1n) is 14.8. The van der Waals surface area contributed by atoms with Crippen molar-refractivity contribution in [3.63, 3.8) is 0 Å². The monoisotopic (exact) mass is 562 g/mol. The maximum atomic E-state index is 14.0. The summed E-state index contributed by atoms with van der Waals surface area (Å²) in [4.78, 5) is 15.8. The number of rotatable bonds is 7. The fourth-order valence-corrected chi connectivity index (χ4v) is 8.37. The Hall–Kier alpha value is -1.09. The van der Waals surface area contributed by atoms with Gasteiger partial charge in [0.05, 0.1) is 11.2 Å². The van der Waals surface area contributed by atoms with Gasteiger partial charge in [-0.25, -0.2) is 4.39 Å². The Morgan fingerprint density at radius 3 is 2.50 bits per heavy atom. The van der Waals surface area contributed by atoms with Crippen molar-refractivity contribution < 1.29 is 22.4 Å². The fraction of sp³-hybridized carbons (Fsp3) is 0.929. The molecule has 2 saturated heterocycles. The smallest absolute Gasteiger partial charge is 0.360 e. The van der Waals surface area contributed by atoms with Crippen molar-refractivity contribution in [2.24, 2.45) is 35.5 Å². The second-order valence-corrected chi connectivity index (χ2v) is 13.3. The molecule has 5 aliphatic rings. The third-order valence-electron chi connectivity index (χ3n) is 10.1. The molecule has 9 atom stereocenters. The molecule has 0 aromatic carbocycles. The van der Waals surface area contributed by atoms with Crippen LogP contribution in [-0.2, 0) is 4.79 Å². The van der Waals surface area contributed by atoms with E-state index in [1.165, 1.54) is 0 Å². The zero-order valence-electron chi connectivity index (χ0n) is 22.1. The number of nitrogens with zero attached hydrogens (tertiary/aromatic N) is 1. The van der Waals surface area contributed by atoms with Crippen LogP contribution >= 0.6 is 11.6 Å². The minimum atomic E-state index is -4.31. The van der Waals surface area contributed by atoms with Gasteiger partial charge in [0.15, 0.2) is 0 Å². The molecule has 0 aromatic heterocycles. The normalized spacial score (nSPS) is 39.7. The highest BCUT2D eigenvalue weighted by Gasteiger charge is 2.50. The molecular weight excluding hydrogens is 520 g/mol. The van der Waals surface area contributed by atoms with E-state index in [4.69, 9.17) is 17.0 Å². The van der Waals surface area contributed by atoms with Crippen molar-refractivity contribution in [1.29, 1.82) is 5.41 Å². The molecule has 5 nitrogen and oxygen atoms in total. The fourth-order valence-electron chi connectivity index (χ4n) is 8.01. The maximum absolute atomic E-state index is 14.0. The van der Waals surface area contributed by atoms with Gasteiger partial charge in [0.25, 0.3) is 0 Å². The van der Waals surface area contributed by atoms with Crippen LogP contribution in [0, 0.1) is 40.9 Å². The average molecular weight is 563 g/mol. The zero-order valence-corrected chi connectivity index (χ0v) is 22.9. The molecule has 2 heterocycles. The number of halogens is 5. The average Bonchev–Trinajstić information content (AvgIpc) is 3.65. The number of piperidine rings is 1. The number of hydrogen-bond donors (Lipinski definition) is 3. The highest BCUT2D eigenvalue weighted by atomic mass is 35.5. The number of likely N-dealkylation sites (tertiary alicyclic amines) is 1. The lowest BCUT2D eigenvalue weighted by Gasteiger charge is -2.45. The number of carbonyl (C=O) groups is 1. The van der Waals surface area contributed by atoms with Gasteiger partial charge in [-0.15, -0.1) is 11.6 Å². The molecule has 2 aliphatic heterocycles. The van der Waals surface area contributed by atoms with Crippen molar-refractivity contribution in [1.82, 2.24) is 15.5 Å². The molecule has 0 radical (unpaired) electrons. The Kier molecular flexibility index (Phi) is 8.83. The van der Waals surface area contributed by atoms with Crippen LogP contribution in [0.3, 0.4) is 0 Å². The number of carbonyl (C=O) groups excluding carboxylic acids is 1. The number of hydrogen-bond acceptors (Lipinski definition) is 3. The van der Waals surface area contributed by atoms with Gasteiger partial charge in [-0.1, -0.05) is 0 Å². The van der Waals surface area contributed by atoms with Crippen LogP contribution in [0.2, 0.25) is 0 Å². The largest absolute Gasteiger partial charge is 0.404 e. The van der Waals surface area contributed by atoms with E-state index < -0.39 is 29.7 Å². The predicted molar refractivity (Wildman–Crippen MR) is 140 cm³/mol. The van der Waals surface area contributed by atoms with Gasteiger partial charge in [-0.3, -0.25) is 10.2 Å². The molecule has 3 aliphatic carbocycles. The van der Waals surface area contributed by atoms with Gasteiger partial charge in [0.1, 0.15) is 12.2 Å². The lowest BCUT2D eigenvalue weighted by Crippen LogP contribution is -2.55. The van der Waals surface area contributed by atoms with Gasteiger partial charge >= 0.3 is 6.18 Å². The lowest BCUT2D eigenvalue weighted by molar-refractivity contribution is -0.179. The van der Waals surface area contributed by atoms with Gasteiger partial charge in [-0.2, -0.15) is 13.2 Å². The third kappa shape index (κ3) is 6.61. The molecular formula is C28H43ClF4N4O. The maximum Gasteiger partial charge on any atom is 0.404 e. The molecule has 3 saturated carbocycles. The van der Waals surface area contributed by atoms with E-state index in [0.29, 0.717) is 76.2 Å². The van der Waals surface area contributed by atoms with E-state index in [9.17, 15) is 22.4 Å². The van der Waals surface area contributed by atoms with E-state index in [2.05, 4.69) is 15.5 Å². The molecule has 5 rings (SSSR count). The van der Waals surface area contributed by atoms with E-state index in [-0.39, 0.29) is 35.6 Å². The van der Waals surface area contributed by atoms with Crippen LogP contribution < -0.4 is 10.6 Å². The Bertz CT molecular complexity index is 855. The van der Waals surface area contributed by atoms with Crippen molar-refractivity contribution in [3.05, 3.63) is 0 Å². The summed E-state index contributed by atoms with van der Waals surface area (Å²) in [6.45, 7) is 1.83. The van der Waals surface area contributed by atoms with Crippen molar-refractivity contribution in [2.45, 2.75) is 107 Å². The Morgan fingerprint density at radius 2 is 1.84 bits per heavy atom. The SMILES string of the molecule is N=C1CCCN1CC1CC(C(=O)N[C@@H](C2CC2)C2CCC(F)C(Cl)C2)CC(C2CCCNC2C(F)(F)F)C1. The predicted octanol–water partition coefficient (Wildman–Crippen LogP) is 5.66. The zero-order chi connectivity index (χ0) is 27.0. The molecule has 0 spiro atoms. The summed E-state index contributed by atoms with van der Waals surface area (Å²) in [6.07, 6.45) is 3.18. The van der Waals surface area contributed by atoms with Crippen LogP contribution in [0.4, 0.5) is 17.6 Å². The number of alkyl halides is 5. The summed E-state index contributed by atoms with van der Waals surface area (Å²) in [5, 5.41) is 13.8. The summed E-state index contributed by atoms with van der Waals surface area (Å²) in [5.41, 5.74) is 0. The summed E-state index contributed by atoms with van der Waals surface area (Å²) >= 11 is 6.28. The first kappa shape index (κ1) is 28.4. The van der Waals surface area contributed by atoms with Crippen molar-refractivity contribution in [2.75, 3.05) is 19.6 Å². The first-order valence-corrected chi connectivity index (χ1v) is 15.2. The molecule has 216 valence electrons. The highest BCUT2D eigenvalue weighted by molar-refractivity contribution is 6.21. The Balaban J connectivity index is 1.31. The molecule has 0 bridgehead atoms. The molecule has 10 heteroatoms. The number of amidine groups is 1. The van der Waals surface area contributed by atoms with Crippen LogP contribution in [0.1, 0.15) is 77.0 Å². The highest BCUT2D eigenvalue weighted by Crippen LogP contribution is 2.46. The number of amides is 1. The molecule has 5 fully saturated rings. The van der Waals surface area contributed by atoms with Crippen LogP contribution in [0.25, 0.3) is 0 Å². The van der Waals surface area contributed by atoms with Crippen LogP contribution in [-0.4, -0.2) is 66.1 Å². The van der Waals surface area contributed by atoms with E-state index in [0.717, 1.165) is 32.2 Å². The third-order valence-corrected chi connectivity index (χ3v) is 10.5. The van der Waals surface area contributed by atoms with E-state index >= 15 is 0 Å². The topological polar surface area (TPSA) is 68.2 Å². The molecule has 1 amide bonds. The second-order valence-electron chi connectivity index (χ2n) is 12.8. The van der Waals surface area contributed by atoms with Crippen LogP contribution in [0.15, 0.2) is 0 Å². The standard InChI is InChI=1S/C28H43ClF4N4O/c29-22-14-18(7-8-23(22)30)25(17-5-6-17)36-27(38)20-12-16(15-37-10-2-4-24(37)34)11-19(13-20)21-3-1-9-35-26(21)28(31,32)33/h16-23,25-26,34-35H,1-15H2,(H,36,38)/t16?,18?,19?,20?,21?,22?,23?,25-,26?/m0/s1. The molecule has 3 N–H and O–H groups in total. The van der Waals surface area contributed by atoms with Gasteiger partial charge < -0.3 is 15.5 Å². The quantitative estimate of drug-likeness (QED) is 0.277. The van der Waals surface area contributed by atoms with Gasteiger partial charge in [0.2, 0.25) is 5.91 Å². The van der Waals surface area contributed by atoms with Crippen molar-refractivity contribution in [3.8, 4) is 0 Å². The number of nitrogens with one attached hydrogen (secondary N) is 3. The van der Waals surface area contributed by atoms with Crippen LogP contribution in [0.5, 0.6) is 0 Å². The molecule has 8 unspecified atom stereocenters. The minimum Gasteiger partial charge on any atom is -0.360 e. The van der Waals surface area contributed by atoms with Gasteiger partial charge in [0, 0.05) is 31.5 Å². The van der Waals surface area contributed by atoms with E-state index in [1.807, 2.05) is 0 Å². The second kappa shape index (κ2) is 11.8. The molecule has 38 heavy (non-hydrogen) atoms. The summed E-state index contributed by atoms with van der Waals surface area (Å²) in [5.74, 6) is 0.136. The van der Waals surface area contributed by atoms with E-state index in [1.54, 1.807) is 0 Å². The first-order chi connectivity index (χ1) is 18.1. The Morgan fingerprint density at radius 1 is 1.08 bits per heavy atom. The summed E-state index contributed by atoms with van der Waals surface area (Å²) in [7, 11) is 0.